The molecule has 0 aromatic heterocycles. The number of hydrogen-bond acceptors (Lipinski definition) is 3. The fourth-order valence-electron chi connectivity index (χ4n) is 1.00. The van der Waals surface area contributed by atoms with Crippen molar-refractivity contribution in [3.8, 4) is 0 Å². The molecule has 17 heavy (non-hydrogen) atoms. The van der Waals surface area contributed by atoms with E-state index in [-0.39, 0.29) is 0 Å². The molecule has 3 N–H and O–H groups in total. The summed E-state index contributed by atoms with van der Waals surface area (Å²) in [6, 6.07) is 1.47. The quantitative estimate of drug-likeness (QED) is 0.827. The summed E-state index contributed by atoms with van der Waals surface area (Å²) in [5.74, 6) is -0.886. The Labute approximate surface area is 101 Å². The van der Waals surface area contributed by atoms with Crippen molar-refractivity contribution >= 4 is 27.3 Å². The maximum absolute atomic E-state index is 12.9. The molecule has 0 saturated carbocycles. The van der Waals surface area contributed by atoms with Crippen LogP contribution < -0.4 is 10.5 Å². The van der Waals surface area contributed by atoms with Gasteiger partial charge in [-0.3, -0.25) is 0 Å². The summed E-state index contributed by atoms with van der Waals surface area (Å²) in [7, 11) is -4.23. The van der Waals surface area contributed by atoms with Gasteiger partial charge in [-0.05, 0) is 12.1 Å². The lowest BCUT2D eigenvalue weighted by atomic mass is 10.3. The highest BCUT2D eigenvalue weighted by atomic mass is 35.5. The molecule has 1 aromatic carbocycles. The summed E-state index contributed by atoms with van der Waals surface area (Å²) >= 11 is 5.50. The predicted octanol–water partition coefficient (Wildman–Crippen LogP) is 1.60. The number of sulfonamides is 1. The van der Waals surface area contributed by atoms with Gasteiger partial charge in [-0.2, -0.15) is 0 Å². The van der Waals surface area contributed by atoms with E-state index in [4.69, 9.17) is 17.3 Å². The third-order valence-corrected chi connectivity index (χ3v) is 3.66. The topological polar surface area (TPSA) is 72.2 Å². The van der Waals surface area contributed by atoms with Crippen LogP contribution in [0.4, 0.5) is 18.9 Å². The zero-order valence-corrected chi connectivity index (χ0v) is 9.83. The predicted molar refractivity (Wildman–Crippen MR) is 57.0 cm³/mol. The normalized spacial score (nSPS) is 12.1. The van der Waals surface area contributed by atoms with Crippen molar-refractivity contribution in [3.63, 3.8) is 0 Å². The molecule has 0 amide bonds. The Hall–Kier alpha value is -0.990. The van der Waals surface area contributed by atoms with Gasteiger partial charge in [0.1, 0.15) is 10.7 Å². The summed E-state index contributed by atoms with van der Waals surface area (Å²) in [5.41, 5.74) is 4.73. The Morgan fingerprint density at radius 1 is 1.41 bits per heavy atom. The van der Waals surface area contributed by atoms with Gasteiger partial charge in [0.25, 0.3) is 6.43 Å². The van der Waals surface area contributed by atoms with Crippen molar-refractivity contribution in [3.05, 3.63) is 23.0 Å². The lowest BCUT2D eigenvalue weighted by molar-refractivity contribution is 0.153. The second-order valence-corrected chi connectivity index (χ2v) is 5.19. The zero-order chi connectivity index (χ0) is 13.2. The van der Waals surface area contributed by atoms with E-state index in [2.05, 4.69) is 0 Å². The smallest absolute Gasteiger partial charge is 0.251 e. The Kier molecular flexibility index (Phi) is 4.23. The SMILES string of the molecule is Nc1cc(S(=O)(=O)NCC(F)F)c(Cl)cc1F. The number of halogens is 4. The Bertz CT molecular complexity index is 522. The minimum atomic E-state index is -4.23. The van der Waals surface area contributed by atoms with Gasteiger partial charge >= 0.3 is 0 Å². The van der Waals surface area contributed by atoms with E-state index in [9.17, 15) is 21.6 Å². The van der Waals surface area contributed by atoms with Crippen molar-refractivity contribution in [1.82, 2.24) is 4.72 Å². The molecular formula is C8H8ClF3N2O2S. The molecule has 9 heteroatoms. The van der Waals surface area contributed by atoms with Crippen molar-refractivity contribution in [2.75, 3.05) is 12.3 Å². The first-order valence-electron chi connectivity index (χ1n) is 4.26. The molecule has 1 rings (SSSR count). The highest BCUT2D eigenvalue weighted by Gasteiger charge is 2.21. The van der Waals surface area contributed by atoms with Crippen LogP contribution in [-0.4, -0.2) is 21.4 Å². The molecule has 0 radical (unpaired) electrons. The van der Waals surface area contributed by atoms with Crippen molar-refractivity contribution < 1.29 is 21.6 Å². The average Bonchev–Trinajstić information content (AvgIpc) is 2.20. The number of benzene rings is 1. The van der Waals surface area contributed by atoms with Crippen molar-refractivity contribution in [1.29, 1.82) is 0 Å². The summed E-state index contributed by atoms with van der Waals surface area (Å²) < 4.78 is 61.3. The first kappa shape index (κ1) is 14.1. The third-order valence-electron chi connectivity index (χ3n) is 1.77. The van der Waals surface area contributed by atoms with Crippen LogP contribution in [-0.2, 0) is 10.0 Å². The first-order chi connectivity index (χ1) is 7.74. The van der Waals surface area contributed by atoms with Crippen LogP contribution in [0.2, 0.25) is 5.02 Å². The van der Waals surface area contributed by atoms with Gasteiger partial charge in [-0.25, -0.2) is 26.3 Å². The number of anilines is 1. The van der Waals surface area contributed by atoms with Gasteiger partial charge in [0.15, 0.2) is 0 Å². The number of rotatable bonds is 4. The minimum Gasteiger partial charge on any atom is -0.396 e. The number of hydrogen-bond donors (Lipinski definition) is 2. The molecule has 0 aliphatic rings. The van der Waals surface area contributed by atoms with Gasteiger partial charge < -0.3 is 5.73 Å². The first-order valence-corrected chi connectivity index (χ1v) is 6.12. The van der Waals surface area contributed by atoms with E-state index in [0.717, 1.165) is 6.07 Å². The van der Waals surface area contributed by atoms with Crippen LogP contribution >= 0.6 is 11.6 Å². The highest BCUT2D eigenvalue weighted by Crippen LogP contribution is 2.26. The van der Waals surface area contributed by atoms with Gasteiger partial charge in [0.2, 0.25) is 10.0 Å². The lowest BCUT2D eigenvalue weighted by Crippen LogP contribution is -2.29. The van der Waals surface area contributed by atoms with E-state index < -0.39 is 44.4 Å². The van der Waals surface area contributed by atoms with E-state index in [1.54, 1.807) is 4.72 Å². The molecule has 0 bridgehead atoms. The van der Waals surface area contributed by atoms with Crippen molar-refractivity contribution in [2.45, 2.75) is 11.3 Å². The molecule has 1 aromatic rings. The zero-order valence-electron chi connectivity index (χ0n) is 8.25. The van der Waals surface area contributed by atoms with Crippen LogP contribution in [0.25, 0.3) is 0 Å². The molecule has 96 valence electrons. The summed E-state index contributed by atoms with van der Waals surface area (Å²) in [5, 5.41) is -0.432. The monoisotopic (exact) mass is 288 g/mol. The average molecular weight is 289 g/mol. The Morgan fingerprint density at radius 2 is 2.00 bits per heavy atom. The summed E-state index contributed by atoms with van der Waals surface area (Å²) in [4.78, 5) is -0.543. The molecule has 0 aliphatic heterocycles. The molecule has 0 fully saturated rings. The number of nitrogens with two attached hydrogens (primary N) is 1. The fraction of sp³-hybridized carbons (Fsp3) is 0.250. The standard InChI is InChI=1S/C8H8ClF3N2O2S/c9-4-1-5(10)6(13)2-7(4)17(15,16)14-3-8(11)12/h1-2,8,14H,3,13H2. The molecule has 0 atom stereocenters. The Balaban J connectivity index is 3.11. The summed E-state index contributed by atoms with van der Waals surface area (Å²) in [6.45, 7) is -1.06. The summed E-state index contributed by atoms with van der Waals surface area (Å²) in [6.07, 6.45) is -2.85. The molecule has 0 unspecified atom stereocenters. The van der Waals surface area contributed by atoms with Crippen LogP contribution in [0.5, 0.6) is 0 Å². The van der Waals surface area contributed by atoms with Gasteiger partial charge in [-0.1, -0.05) is 11.6 Å². The largest absolute Gasteiger partial charge is 0.396 e. The van der Waals surface area contributed by atoms with Gasteiger partial charge in [0.05, 0.1) is 17.3 Å². The van der Waals surface area contributed by atoms with Gasteiger partial charge in [0, 0.05) is 0 Å². The molecule has 0 saturated heterocycles. The molecule has 0 aliphatic carbocycles. The molecule has 4 nitrogen and oxygen atoms in total. The highest BCUT2D eigenvalue weighted by molar-refractivity contribution is 7.89. The maximum Gasteiger partial charge on any atom is 0.251 e. The minimum absolute atomic E-state index is 0.432. The molecule has 0 heterocycles. The fourth-order valence-corrected chi connectivity index (χ4v) is 2.55. The van der Waals surface area contributed by atoms with Crippen LogP contribution in [0.15, 0.2) is 17.0 Å². The third kappa shape index (κ3) is 3.48. The van der Waals surface area contributed by atoms with E-state index in [1.807, 2.05) is 0 Å². The van der Waals surface area contributed by atoms with E-state index >= 15 is 0 Å². The number of nitrogens with one attached hydrogen (secondary N) is 1. The lowest BCUT2D eigenvalue weighted by Gasteiger charge is -2.09. The van der Waals surface area contributed by atoms with Crippen molar-refractivity contribution in [2.24, 2.45) is 0 Å². The van der Waals surface area contributed by atoms with Gasteiger partial charge in [-0.15, -0.1) is 0 Å². The Morgan fingerprint density at radius 3 is 2.53 bits per heavy atom. The van der Waals surface area contributed by atoms with Crippen LogP contribution in [0, 0.1) is 5.82 Å². The van der Waals surface area contributed by atoms with Crippen LogP contribution in [0.3, 0.4) is 0 Å². The van der Waals surface area contributed by atoms with Crippen LogP contribution in [0.1, 0.15) is 0 Å². The second-order valence-electron chi connectivity index (χ2n) is 3.05. The number of alkyl halides is 2. The molecular weight excluding hydrogens is 281 g/mol. The second kappa shape index (κ2) is 5.11. The molecule has 0 spiro atoms. The van der Waals surface area contributed by atoms with E-state index in [0.29, 0.717) is 6.07 Å². The van der Waals surface area contributed by atoms with E-state index in [1.165, 1.54) is 0 Å². The number of nitrogen functional groups attached to an aromatic ring is 1. The maximum atomic E-state index is 12.9.